The summed E-state index contributed by atoms with van der Waals surface area (Å²) >= 11 is 0. The minimum atomic E-state index is -1.92. The fourth-order valence-electron chi connectivity index (χ4n) is 5.08. The van der Waals surface area contributed by atoms with Gasteiger partial charge < -0.3 is 19.3 Å². The molecule has 0 heterocycles. The highest BCUT2D eigenvalue weighted by Gasteiger charge is 2.51. The van der Waals surface area contributed by atoms with E-state index in [2.05, 4.69) is 13.8 Å². The van der Waals surface area contributed by atoms with E-state index in [-0.39, 0.29) is 5.78 Å². The van der Waals surface area contributed by atoms with Gasteiger partial charge in [-0.2, -0.15) is 0 Å². The number of hydrogen-bond acceptors (Lipinski definition) is 5. The smallest absolute Gasteiger partial charge is 0.204 e. The molecule has 0 aliphatic heterocycles. The number of unbranched alkanes of at least 4 members (excludes halogenated alkanes) is 2. The molecule has 1 aliphatic rings. The number of carbonyl (C=O) groups excluding carboxylic acids is 1. The molecule has 1 unspecified atom stereocenters. The number of ketones is 1. The third-order valence-electron chi connectivity index (χ3n) is 6.79. The van der Waals surface area contributed by atoms with E-state index in [0.717, 1.165) is 23.6 Å². The molecule has 0 aromatic heterocycles. The van der Waals surface area contributed by atoms with Crippen molar-refractivity contribution in [2.24, 2.45) is 0 Å². The van der Waals surface area contributed by atoms with Crippen molar-refractivity contribution < 1.29 is 24.1 Å². The van der Waals surface area contributed by atoms with Crippen LogP contribution >= 0.6 is 0 Å². The maximum atomic E-state index is 14.4. The van der Waals surface area contributed by atoms with Crippen molar-refractivity contribution in [1.29, 1.82) is 0 Å². The Labute approximate surface area is 213 Å². The number of fused-ring (bicyclic) bond motifs is 2. The van der Waals surface area contributed by atoms with E-state index in [1.165, 1.54) is 0 Å². The molecule has 5 nitrogen and oxygen atoms in total. The quantitative estimate of drug-likeness (QED) is 0.359. The van der Waals surface area contributed by atoms with Crippen molar-refractivity contribution in [2.75, 3.05) is 21.3 Å². The zero-order valence-electron chi connectivity index (χ0n) is 21.7. The second-order valence-electron chi connectivity index (χ2n) is 8.95. The zero-order chi connectivity index (χ0) is 25.9. The van der Waals surface area contributed by atoms with Crippen LogP contribution in [0.25, 0.3) is 21.9 Å². The second kappa shape index (κ2) is 10.6. The molecule has 0 saturated heterocycles. The Morgan fingerprint density at radius 1 is 0.806 bits per heavy atom. The van der Waals surface area contributed by atoms with Crippen LogP contribution in [0.3, 0.4) is 0 Å². The van der Waals surface area contributed by atoms with E-state index in [9.17, 15) is 9.90 Å². The van der Waals surface area contributed by atoms with Crippen molar-refractivity contribution in [3.8, 4) is 17.2 Å². The molecular weight excluding hydrogens is 452 g/mol. The van der Waals surface area contributed by atoms with Gasteiger partial charge in [0, 0.05) is 33.0 Å². The lowest BCUT2D eigenvalue weighted by atomic mass is 9.67. The van der Waals surface area contributed by atoms with Crippen LogP contribution in [0.15, 0.2) is 60.7 Å². The minimum Gasteiger partial charge on any atom is -0.497 e. The first-order valence-electron chi connectivity index (χ1n) is 12.5. The van der Waals surface area contributed by atoms with Gasteiger partial charge in [0.2, 0.25) is 5.78 Å². The maximum Gasteiger partial charge on any atom is 0.204 e. The summed E-state index contributed by atoms with van der Waals surface area (Å²) < 4.78 is 17.4. The topological polar surface area (TPSA) is 65.0 Å². The highest BCUT2D eigenvalue weighted by atomic mass is 16.5. The lowest BCUT2D eigenvalue weighted by Gasteiger charge is -2.38. The van der Waals surface area contributed by atoms with Crippen LogP contribution in [-0.2, 0) is 10.4 Å². The average molecular weight is 487 g/mol. The van der Waals surface area contributed by atoms with E-state index in [0.29, 0.717) is 57.9 Å². The van der Waals surface area contributed by atoms with Gasteiger partial charge >= 0.3 is 0 Å². The first-order valence-corrected chi connectivity index (χ1v) is 12.5. The SMILES string of the molecule is CCC/C=C1\C(=O)C(O)(c2cccc(OC)c2)/C(=C/CCC)c2c1c(OC)c1ccccc1c2OC. The fourth-order valence-corrected chi connectivity index (χ4v) is 5.08. The Hall–Kier alpha value is -3.57. The monoisotopic (exact) mass is 486 g/mol. The van der Waals surface area contributed by atoms with E-state index in [1.54, 1.807) is 45.6 Å². The molecule has 0 fully saturated rings. The van der Waals surface area contributed by atoms with Crippen molar-refractivity contribution in [3.63, 3.8) is 0 Å². The summed E-state index contributed by atoms with van der Waals surface area (Å²) in [6.07, 6.45) is 6.95. The molecule has 0 amide bonds. The van der Waals surface area contributed by atoms with Gasteiger partial charge in [-0.1, -0.05) is 75.2 Å². The van der Waals surface area contributed by atoms with Gasteiger partial charge in [0.25, 0.3) is 0 Å². The maximum absolute atomic E-state index is 14.4. The molecule has 0 radical (unpaired) electrons. The first-order chi connectivity index (χ1) is 17.5. The van der Waals surface area contributed by atoms with Gasteiger partial charge in [0.1, 0.15) is 17.2 Å². The van der Waals surface area contributed by atoms with Crippen LogP contribution in [-0.4, -0.2) is 32.2 Å². The van der Waals surface area contributed by atoms with Gasteiger partial charge in [0.05, 0.1) is 21.3 Å². The average Bonchev–Trinajstić information content (AvgIpc) is 2.92. The molecule has 1 N–H and O–H groups in total. The van der Waals surface area contributed by atoms with E-state index in [1.807, 2.05) is 36.4 Å². The number of carbonyl (C=O) groups is 1. The Morgan fingerprint density at radius 3 is 2.00 bits per heavy atom. The molecule has 36 heavy (non-hydrogen) atoms. The van der Waals surface area contributed by atoms with Crippen LogP contribution in [0.1, 0.15) is 56.2 Å². The molecule has 1 aliphatic carbocycles. The zero-order valence-corrected chi connectivity index (χ0v) is 21.7. The number of aliphatic hydroxyl groups is 1. The van der Waals surface area contributed by atoms with Crippen LogP contribution in [0.4, 0.5) is 0 Å². The highest BCUT2D eigenvalue weighted by molar-refractivity contribution is 6.34. The summed E-state index contributed by atoms with van der Waals surface area (Å²) in [5, 5.41) is 14.2. The van der Waals surface area contributed by atoms with Gasteiger partial charge in [-0.3, -0.25) is 4.79 Å². The Kier molecular flexibility index (Phi) is 7.51. The lowest BCUT2D eigenvalue weighted by molar-refractivity contribution is -0.126. The van der Waals surface area contributed by atoms with Crippen molar-refractivity contribution in [3.05, 3.63) is 77.4 Å². The normalized spacial score (nSPS) is 19.6. The van der Waals surface area contributed by atoms with E-state index < -0.39 is 5.60 Å². The molecule has 5 heteroatoms. The van der Waals surface area contributed by atoms with Crippen LogP contribution < -0.4 is 14.2 Å². The largest absolute Gasteiger partial charge is 0.497 e. The standard InChI is InChI=1S/C31H34O5/c1-6-8-15-24-26-27(29(36-5)23-17-11-10-16-22(23)28(26)35-4)25(18-9-7-2)31(33,30(24)32)20-13-12-14-21(19-20)34-3/h10-19,33H,6-9H2,1-5H3/b24-15-,25-18+. The fraction of sp³-hybridized carbons (Fsp3) is 0.323. The summed E-state index contributed by atoms with van der Waals surface area (Å²) in [4.78, 5) is 14.4. The molecule has 0 bridgehead atoms. The molecular formula is C31H34O5. The molecule has 4 rings (SSSR count). The summed E-state index contributed by atoms with van der Waals surface area (Å²) in [6, 6.07) is 14.9. The molecule has 0 spiro atoms. The Bertz CT molecular complexity index is 1350. The van der Waals surface area contributed by atoms with Crippen molar-refractivity contribution in [2.45, 2.75) is 45.1 Å². The minimum absolute atomic E-state index is 0.380. The van der Waals surface area contributed by atoms with Crippen LogP contribution in [0.2, 0.25) is 0 Å². The van der Waals surface area contributed by atoms with Crippen molar-refractivity contribution in [1.82, 2.24) is 0 Å². The highest BCUT2D eigenvalue weighted by Crippen LogP contribution is 2.56. The number of rotatable bonds is 8. The predicted molar refractivity (Wildman–Crippen MR) is 145 cm³/mol. The summed E-state index contributed by atoms with van der Waals surface area (Å²) in [5.74, 6) is 1.40. The molecule has 3 aromatic carbocycles. The summed E-state index contributed by atoms with van der Waals surface area (Å²) in [5.41, 5.74) is 0.835. The Balaban J connectivity index is 2.22. The number of benzene rings is 3. The van der Waals surface area contributed by atoms with Crippen molar-refractivity contribution >= 4 is 27.7 Å². The number of methoxy groups -OCH3 is 3. The molecule has 0 saturated carbocycles. The number of allylic oxidation sites excluding steroid dienone is 2. The molecule has 188 valence electrons. The van der Waals surface area contributed by atoms with E-state index >= 15 is 0 Å². The number of hydrogen-bond donors (Lipinski definition) is 1. The molecule has 3 aromatic rings. The van der Waals surface area contributed by atoms with Gasteiger partial charge in [-0.05, 0) is 30.5 Å². The number of ether oxygens (including phenoxy) is 3. The second-order valence-corrected chi connectivity index (χ2v) is 8.95. The predicted octanol–water partition coefficient (Wildman–Crippen LogP) is 6.70. The first kappa shape index (κ1) is 25.5. The Morgan fingerprint density at radius 2 is 1.42 bits per heavy atom. The van der Waals surface area contributed by atoms with Gasteiger partial charge in [-0.15, -0.1) is 0 Å². The lowest BCUT2D eigenvalue weighted by Crippen LogP contribution is -2.41. The van der Waals surface area contributed by atoms with Crippen LogP contribution in [0, 0.1) is 0 Å². The van der Waals surface area contributed by atoms with Gasteiger partial charge in [0.15, 0.2) is 5.60 Å². The van der Waals surface area contributed by atoms with Gasteiger partial charge in [-0.25, -0.2) is 0 Å². The third-order valence-corrected chi connectivity index (χ3v) is 6.79. The summed E-state index contributed by atoms with van der Waals surface area (Å²) in [6.45, 7) is 4.13. The van der Waals surface area contributed by atoms with E-state index in [4.69, 9.17) is 14.2 Å². The number of Topliss-reactive ketones (excluding diaryl/α,β-unsaturated/α-hetero) is 1. The third kappa shape index (κ3) is 3.97. The summed E-state index contributed by atoms with van der Waals surface area (Å²) in [7, 11) is 4.82. The molecule has 1 atom stereocenters. The van der Waals surface area contributed by atoms with Crippen LogP contribution in [0.5, 0.6) is 17.2 Å².